The van der Waals surface area contributed by atoms with Crippen LogP contribution >= 0.6 is 27.3 Å². The van der Waals surface area contributed by atoms with Gasteiger partial charge >= 0.3 is 0 Å². The molecule has 2 rings (SSSR count). The van der Waals surface area contributed by atoms with Crippen LogP contribution in [0, 0.1) is 20.8 Å². The zero-order valence-electron chi connectivity index (χ0n) is 10.1. The van der Waals surface area contributed by atoms with Crippen molar-refractivity contribution in [2.45, 2.75) is 26.9 Å². The standard InChI is InChI=1S/C14H15BrOS/c1-8-4-11(7-12(15)5-8)13(16)14-9(2)6-10(3)17-14/h4-7,13,16H,1-3H3. The van der Waals surface area contributed by atoms with Crippen LogP contribution in [-0.2, 0) is 0 Å². The summed E-state index contributed by atoms with van der Waals surface area (Å²) in [6.07, 6.45) is -0.523. The summed E-state index contributed by atoms with van der Waals surface area (Å²) in [6.45, 7) is 6.15. The molecular formula is C14H15BrOS. The SMILES string of the molecule is Cc1cc(Br)cc(C(O)c2sc(C)cc2C)c1. The zero-order valence-corrected chi connectivity index (χ0v) is 12.5. The molecule has 0 saturated heterocycles. The molecule has 90 valence electrons. The second kappa shape index (κ2) is 4.92. The molecule has 1 nitrogen and oxygen atoms in total. The Balaban J connectivity index is 2.43. The van der Waals surface area contributed by atoms with Crippen LogP contribution in [0.1, 0.15) is 32.5 Å². The van der Waals surface area contributed by atoms with Crippen molar-refractivity contribution in [2.75, 3.05) is 0 Å². The van der Waals surface area contributed by atoms with Crippen molar-refractivity contribution in [1.82, 2.24) is 0 Å². The van der Waals surface area contributed by atoms with Gasteiger partial charge in [0.1, 0.15) is 6.10 Å². The first-order valence-electron chi connectivity index (χ1n) is 5.49. The van der Waals surface area contributed by atoms with Gasteiger partial charge in [0.05, 0.1) is 0 Å². The van der Waals surface area contributed by atoms with Crippen LogP contribution in [0.25, 0.3) is 0 Å². The Morgan fingerprint density at radius 3 is 2.35 bits per heavy atom. The minimum Gasteiger partial charge on any atom is -0.383 e. The van der Waals surface area contributed by atoms with E-state index in [-0.39, 0.29) is 0 Å². The third-order valence-electron chi connectivity index (χ3n) is 2.71. The van der Waals surface area contributed by atoms with Gasteiger partial charge in [0.15, 0.2) is 0 Å². The van der Waals surface area contributed by atoms with Gasteiger partial charge in [-0.2, -0.15) is 0 Å². The maximum Gasteiger partial charge on any atom is 0.114 e. The summed E-state index contributed by atoms with van der Waals surface area (Å²) < 4.78 is 1.01. The Morgan fingerprint density at radius 1 is 1.12 bits per heavy atom. The number of aliphatic hydroxyl groups is 1. The highest BCUT2D eigenvalue weighted by Crippen LogP contribution is 2.33. The van der Waals surface area contributed by atoms with Gasteiger partial charge in [0.2, 0.25) is 0 Å². The fourth-order valence-electron chi connectivity index (χ4n) is 2.00. The first-order valence-corrected chi connectivity index (χ1v) is 7.10. The lowest BCUT2D eigenvalue weighted by Gasteiger charge is -2.12. The number of benzene rings is 1. The Morgan fingerprint density at radius 2 is 1.82 bits per heavy atom. The summed E-state index contributed by atoms with van der Waals surface area (Å²) in [4.78, 5) is 2.28. The number of hydrogen-bond acceptors (Lipinski definition) is 2. The molecule has 1 N–H and O–H groups in total. The van der Waals surface area contributed by atoms with Crippen molar-refractivity contribution in [3.63, 3.8) is 0 Å². The first-order chi connectivity index (χ1) is 7.97. The second-order valence-corrected chi connectivity index (χ2v) is 6.57. The van der Waals surface area contributed by atoms with E-state index in [1.54, 1.807) is 11.3 Å². The summed E-state index contributed by atoms with van der Waals surface area (Å²) >= 11 is 5.13. The number of halogens is 1. The van der Waals surface area contributed by atoms with Gasteiger partial charge in [0, 0.05) is 14.2 Å². The molecule has 0 fully saturated rings. The van der Waals surface area contributed by atoms with E-state index in [1.807, 2.05) is 32.0 Å². The summed E-state index contributed by atoms with van der Waals surface area (Å²) in [7, 11) is 0. The summed E-state index contributed by atoms with van der Waals surface area (Å²) in [5, 5.41) is 10.4. The molecule has 0 aliphatic carbocycles. The molecule has 0 saturated carbocycles. The van der Waals surface area contributed by atoms with Crippen molar-refractivity contribution >= 4 is 27.3 Å². The van der Waals surface area contributed by atoms with E-state index >= 15 is 0 Å². The van der Waals surface area contributed by atoms with E-state index in [2.05, 4.69) is 28.9 Å². The molecule has 1 atom stereocenters. The lowest BCUT2D eigenvalue weighted by Crippen LogP contribution is -1.99. The summed E-state index contributed by atoms with van der Waals surface area (Å²) in [6, 6.07) is 8.17. The molecular weight excluding hydrogens is 296 g/mol. The van der Waals surface area contributed by atoms with Gasteiger partial charge in [0.25, 0.3) is 0 Å². The van der Waals surface area contributed by atoms with Gasteiger partial charge in [-0.1, -0.05) is 22.0 Å². The Kier molecular flexibility index (Phi) is 3.71. The molecule has 0 aliphatic rings. The van der Waals surface area contributed by atoms with Gasteiger partial charge < -0.3 is 5.11 Å². The van der Waals surface area contributed by atoms with Crippen molar-refractivity contribution in [1.29, 1.82) is 0 Å². The van der Waals surface area contributed by atoms with Crippen LogP contribution < -0.4 is 0 Å². The second-order valence-electron chi connectivity index (χ2n) is 4.37. The van der Waals surface area contributed by atoms with E-state index in [9.17, 15) is 5.11 Å². The van der Waals surface area contributed by atoms with Crippen LogP contribution in [0.2, 0.25) is 0 Å². The van der Waals surface area contributed by atoms with Gasteiger partial charge in [-0.15, -0.1) is 11.3 Å². The van der Waals surface area contributed by atoms with Crippen LogP contribution in [0.3, 0.4) is 0 Å². The van der Waals surface area contributed by atoms with E-state index in [4.69, 9.17) is 0 Å². The summed E-state index contributed by atoms with van der Waals surface area (Å²) in [5.74, 6) is 0. The summed E-state index contributed by atoms with van der Waals surface area (Å²) in [5.41, 5.74) is 3.26. The molecule has 1 aromatic carbocycles. The quantitative estimate of drug-likeness (QED) is 0.864. The molecule has 0 aliphatic heterocycles. The molecule has 1 heterocycles. The third-order valence-corrected chi connectivity index (χ3v) is 4.37. The molecule has 0 radical (unpaired) electrons. The van der Waals surface area contributed by atoms with Crippen molar-refractivity contribution in [2.24, 2.45) is 0 Å². The van der Waals surface area contributed by atoms with E-state index < -0.39 is 6.10 Å². The Labute approximate surface area is 114 Å². The molecule has 3 heteroatoms. The van der Waals surface area contributed by atoms with E-state index in [0.717, 1.165) is 26.0 Å². The Bertz CT molecular complexity index is 525. The topological polar surface area (TPSA) is 20.2 Å². The normalized spacial score (nSPS) is 12.8. The predicted molar refractivity (Wildman–Crippen MR) is 76.7 cm³/mol. The van der Waals surface area contributed by atoms with Gasteiger partial charge in [-0.3, -0.25) is 0 Å². The number of rotatable bonds is 2. The minimum absolute atomic E-state index is 0.523. The van der Waals surface area contributed by atoms with Crippen LogP contribution in [0.5, 0.6) is 0 Å². The third kappa shape index (κ3) is 2.79. The maximum atomic E-state index is 10.4. The predicted octanol–water partition coefficient (Wildman–Crippen LogP) is 4.52. The fourth-order valence-corrected chi connectivity index (χ4v) is 3.68. The zero-order chi connectivity index (χ0) is 12.6. The monoisotopic (exact) mass is 310 g/mol. The average molecular weight is 311 g/mol. The van der Waals surface area contributed by atoms with E-state index in [0.29, 0.717) is 0 Å². The van der Waals surface area contributed by atoms with Crippen LogP contribution in [-0.4, -0.2) is 5.11 Å². The Hall–Kier alpha value is -0.640. The highest BCUT2D eigenvalue weighted by atomic mass is 79.9. The van der Waals surface area contributed by atoms with Gasteiger partial charge in [-0.25, -0.2) is 0 Å². The largest absolute Gasteiger partial charge is 0.383 e. The smallest absolute Gasteiger partial charge is 0.114 e. The number of thiophene rings is 1. The molecule has 17 heavy (non-hydrogen) atoms. The first kappa shape index (κ1) is 12.8. The molecule has 0 spiro atoms. The molecule has 2 aromatic rings. The lowest BCUT2D eigenvalue weighted by molar-refractivity contribution is 0.223. The number of hydrogen-bond donors (Lipinski definition) is 1. The number of aryl methyl sites for hydroxylation is 3. The number of aliphatic hydroxyl groups excluding tert-OH is 1. The minimum atomic E-state index is -0.523. The maximum absolute atomic E-state index is 10.4. The molecule has 1 unspecified atom stereocenters. The highest BCUT2D eigenvalue weighted by molar-refractivity contribution is 9.10. The van der Waals surface area contributed by atoms with Crippen LogP contribution in [0.15, 0.2) is 28.7 Å². The van der Waals surface area contributed by atoms with E-state index in [1.165, 1.54) is 4.88 Å². The molecule has 0 bridgehead atoms. The van der Waals surface area contributed by atoms with Gasteiger partial charge in [-0.05, 0) is 55.7 Å². The lowest BCUT2D eigenvalue weighted by atomic mass is 10.0. The van der Waals surface area contributed by atoms with Crippen LogP contribution in [0.4, 0.5) is 0 Å². The van der Waals surface area contributed by atoms with Crippen molar-refractivity contribution in [3.8, 4) is 0 Å². The average Bonchev–Trinajstić information content (AvgIpc) is 2.55. The van der Waals surface area contributed by atoms with Crippen molar-refractivity contribution < 1.29 is 5.11 Å². The highest BCUT2D eigenvalue weighted by Gasteiger charge is 2.16. The molecule has 0 amide bonds. The molecule has 1 aromatic heterocycles. The van der Waals surface area contributed by atoms with Crippen molar-refractivity contribution in [3.05, 3.63) is 55.2 Å². The fraction of sp³-hybridized carbons (Fsp3) is 0.286.